The van der Waals surface area contributed by atoms with E-state index in [1.165, 1.54) is 11.6 Å². The Morgan fingerprint density at radius 2 is 1.50 bits per heavy atom. The Morgan fingerprint density at radius 3 is 2.21 bits per heavy atom. The third-order valence-corrected chi connectivity index (χ3v) is 4.25. The van der Waals surface area contributed by atoms with Gasteiger partial charge in [-0.15, -0.1) is 0 Å². The van der Waals surface area contributed by atoms with Crippen molar-refractivity contribution < 1.29 is 0 Å². The molecule has 1 N–H and O–H groups in total. The zero-order valence-electron chi connectivity index (χ0n) is 12.4. The minimum absolute atomic E-state index is 0.172. The molecule has 0 atom stereocenters. The van der Waals surface area contributed by atoms with Gasteiger partial charge in [0.2, 0.25) is 0 Å². The van der Waals surface area contributed by atoms with Crippen molar-refractivity contribution in [3.63, 3.8) is 0 Å². The molecule has 0 saturated carbocycles. The topological polar surface area (TPSA) is 37.3 Å². The lowest BCUT2D eigenvalue weighted by Gasteiger charge is -2.04. The number of hydrogen-bond acceptors (Lipinski definition) is 3. The molecule has 0 radical (unpaired) electrons. The van der Waals surface area contributed by atoms with Crippen molar-refractivity contribution in [2.75, 3.05) is 5.43 Å². The number of nitrogens with zero attached hydrogens (tertiary/aromatic N) is 2. The second-order valence-corrected chi connectivity index (χ2v) is 6.12. The predicted molar refractivity (Wildman–Crippen MR) is 102 cm³/mol. The van der Waals surface area contributed by atoms with Crippen LogP contribution >= 0.6 is 34.8 Å². The second kappa shape index (κ2) is 7.67. The summed E-state index contributed by atoms with van der Waals surface area (Å²) in [5.74, 6) is 0.350. The van der Waals surface area contributed by atoms with Crippen molar-refractivity contribution in [3.05, 3.63) is 81.4 Å². The molecule has 0 bridgehead atoms. The minimum atomic E-state index is 0.172. The fraction of sp³-hybridized carbons (Fsp3) is 0. The van der Waals surface area contributed by atoms with Crippen molar-refractivity contribution in [2.24, 2.45) is 5.10 Å². The van der Waals surface area contributed by atoms with Crippen LogP contribution in [0.3, 0.4) is 0 Å². The fourth-order valence-corrected chi connectivity index (χ4v) is 2.62. The molecule has 0 saturated heterocycles. The van der Waals surface area contributed by atoms with Crippen molar-refractivity contribution in [1.29, 1.82) is 0 Å². The van der Waals surface area contributed by atoms with Crippen LogP contribution in [0.1, 0.15) is 5.56 Å². The van der Waals surface area contributed by atoms with Crippen molar-refractivity contribution in [1.82, 2.24) is 4.98 Å². The number of aromatic nitrogens is 1. The van der Waals surface area contributed by atoms with Crippen molar-refractivity contribution >= 4 is 46.8 Å². The van der Waals surface area contributed by atoms with Gasteiger partial charge in [0.15, 0.2) is 5.82 Å². The monoisotopic (exact) mass is 375 g/mol. The minimum Gasteiger partial charge on any atom is -0.260 e. The van der Waals surface area contributed by atoms with E-state index in [0.29, 0.717) is 15.9 Å². The molecule has 120 valence electrons. The van der Waals surface area contributed by atoms with E-state index < -0.39 is 0 Å². The van der Waals surface area contributed by atoms with Gasteiger partial charge in [-0.25, -0.2) is 4.98 Å². The molecule has 6 heteroatoms. The van der Waals surface area contributed by atoms with Crippen LogP contribution < -0.4 is 5.43 Å². The molecule has 0 spiro atoms. The first kappa shape index (κ1) is 16.8. The van der Waals surface area contributed by atoms with E-state index in [1.54, 1.807) is 6.21 Å². The average molecular weight is 377 g/mol. The summed E-state index contributed by atoms with van der Waals surface area (Å²) < 4.78 is 0. The highest BCUT2D eigenvalue weighted by Gasteiger charge is 2.06. The Hall–Kier alpha value is -2.07. The van der Waals surface area contributed by atoms with Gasteiger partial charge < -0.3 is 0 Å². The molecule has 3 rings (SSSR count). The average Bonchev–Trinajstić information content (AvgIpc) is 2.61. The van der Waals surface area contributed by atoms with Gasteiger partial charge in [-0.3, -0.25) is 5.43 Å². The zero-order chi connectivity index (χ0) is 16.9. The van der Waals surface area contributed by atoms with Crippen molar-refractivity contribution in [3.8, 4) is 11.1 Å². The highest BCUT2D eigenvalue weighted by atomic mass is 35.5. The molecule has 3 aromatic rings. The van der Waals surface area contributed by atoms with Gasteiger partial charge in [-0.05, 0) is 22.8 Å². The van der Waals surface area contributed by atoms with E-state index in [1.807, 2.05) is 42.5 Å². The Morgan fingerprint density at radius 1 is 0.833 bits per heavy atom. The maximum atomic E-state index is 6.03. The Kier molecular flexibility index (Phi) is 5.36. The number of hydrazone groups is 1. The Bertz CT molecular complexity index is 863. The van der Waals surface area contributed by atoms with Gasteiger partial charge >= 0.3 is 0 Å². The first-order valence-corrected chi connectivity index (χ1v) is 8.23. The normalized spacial score (nSPS) is 11.0. The molecule has 24 heavy (non-hydrogen) atoms. The van der Waals surface area contributed by atoms with E-state index in [-0.39, 0.29) is 5.15 Å². The van der Waals surface area contributed by atoms with Gasteiger partial charge in [-0.1, -0.05) is 89.4 Å². The molecule has 1 aromatic heterocycles. The van der Waals surface area contributed by atoms with E-state index in [9.17, 15) is 0 Å². The number of rotatable bonds is 4. The third-order valence-electron chi connectivity index (χ3n) is 3.29. The summed E-state index contributed by atoms with van der Waals surface area (Å²) >= 11 is 17.7. The number of anilines is 1. The van der Waals surface area contributed by atoms with Crippen LogP contribution in [0.4, 0.5) is 5.82 Å². The predicted octanol–water partition coefficient (Wildman–Crippen LogP) is 6.15. The molecule has 1 heterocycles. The smallest absolute Gasteiger partial charge is 0.166 e. The number of pyridine rings is 1. The van der Waals surface area contributed by atoms with E-state index in [4.69, 9.17) is 34.8 Å². The lowest BCUT2D eigenvalue weighted by molar-refractivity contribution is 1.23. The zero-order valence-corrected chi connectivity index (χ0v) is 14.6. The summed E-state index contributed by atoms with van der Waals surface area (Å²) in [6.45, 7) is 0. The molecule has 0 aliphatic rings. The highest BCUT2D eigenvalue weighted by molar-refractivity contribution is 6.42. The molecule has 0 aliphatic carbocycles. The van der Waals surface area contributed by atoms with Crippen molar-refractivity contribution in [2.45, 2.75) is 0 Å². The molecule has 0 fully saturated rings. The summed E-state index contributed by atoms with van der Waals surface area (Å²) in [5.41, 5.74) is 6.02. The second-order valence-electron chi connectivity index (χ2n) is 4.95. The molecule has 0 unspecified atom stereocenters. The van der Waals surface area contributed by atoms with Crippen LogP contribution in [0, 0.1) is 0 Å². The summed E-state index contributed by atoms with van der Waals surface area (Å²) in [6, 6.07) is 19.7. The van der Waals surface area contributed by atoms with Gasteiger partial charge in [0, 0.05) is 0 Å². The van der Waals surface area contributed by atoms with Gasteiger partial charge in [0.05, 0.1) is 16.3 Å². The molecule has 3 nitrogen and oxygen atoms in total. The van der Waals surface area contributed by atoms with Crippen LogP contribution in [0.15, 0.2) is 65.8 Å². The standard InChI is InChI=1S/C18H12Cl3N3/c19-15-10-16(20)18(23-17(15)21)24-22-11-12-6-8-14(9-7-12)13-4-2-1-3-5-13/h1-11H,(H,23,24). The quantitative estimate of drug-likeness (QED) is 0.336. The highest BCUT2D eigenvalue weighted by Crippen LogP contribution is 2.28. The maximum absolute atomic E-state index is 6.03. The van der Waals surface area contributed by atoms with Crippen LogP contribution in [-0.4, -0.2) is 11.2 Å². The van der Waals surface area contributed by atoms with Gasteiger partial charge in [-0.2, -0.15) is 5.10 Å². The van der Waals surface area contributed by atoms with Crippen LogP contribution in [0.25, 0.3) is 11.1 Å². The summed E-state index contributed by atoms with van der Waals surface area (Å²) in [4.78, 5) is 4.03. The fourth-order valence-electron chi connectivity index (χ4n) is 2.08. The first-order valence-electron chi connectivity index (χ1n) is 7.09. The summed E-state index contributed by atoms with van der Waals surface area (Å²) in [7, 11) is 0. The Balaban J connectivity index is 1.70. The van der Waals surface area contributed by atoms with E-state index in [0.717, 1.165) is 11.1 Å². The molecule has 0 aliphatic heterocycles. The summed E-state index contributed by atoms with van der Waals surface area (Å²) in [5, 5.41) is 4.94. The van der Waals surface area contributed by atoms with Crippen LogP contribution in [0.5, 0.6) is 0 Å². The molecule has 0 amide bonds. The van der Waals surface area contributed by atoms with Gasteiger partial charge in [0.1, 0.15) is 5.15 Å². The molecular weight excluding hydrogens is 365 g/mol. The van der Waals surface area contributed by atoms with E-state index in [2.05, 4.69) is 27.6 Å². The largest absolute Gasteiger partial charge is 0.260 e. The lowest BCUT2D eigenvalue weighted by atomic mass is 10.0. The lowest BCUT2D eigenvalue weighted by Crippen LogP contribution is -1.95. The number of hydrogen-bond donors (Lipinski definition) is 1. The summed E-state index contributed by atoms with van der Waals surface area (Å²) in [6.07, 6.45) is 1.68. The number of benzene rings is 2. The van der Waals surface area contributed by atoms with Crippen LogP contribution in [0.2, 0.25) is 15.2 Å². The first-order chi connectivity index (χ1) is 11.6. The molecule has 2 aromatic carbocycles. The maximum Gasteiger partial charge on any atom is 0.166 e. The van der Waals surface area contributed by atoms with E-state index >= 15 is 0 Å². The number of nitrogens with one attached hydrogen (secondary N) is 1. The van der Waals surface area contributed by atoms with Gasteiger partial charge in [0.25, 0.3) is 0 Å². The number of halogens is 3. The Labute approximate surface area is 154 Å². The third kappa shape index (κ3) is 4.06. The van der Waals surface area contributed by atoms with Crippen LogP contribution in [-0.2, 0) is 0 Å². The SMILES string of the molecule is Clc1cc(Cl)c(NN=Cc2ccc(-c3ccccc3)cc2)nc1Cl. The molecular formula is C18H12Cl3N3.